The molecule has 0 radical (unpaired) electrons. The minimum atomic E-state index is 0.0318. The van der Waals surface area contributed by atoms with E-state index in [-0.39, 0.29) is 5.78 Å². The fraction of sp³-hybridized carbons (Fsp3) is 0.231. The van der Waals surface area contributed by atoms with E-state index in [1.54, 1.807) is 13.1 Å². The molecule has 0 saturated carbocycles. The molecule has 4 nitrogen and oxygen atoms in total. The van der Waals surface area contributed by atoms with E-state index in [2.05, 4.69) is 4.98 Å². The quantitative estimate of drug-likeness (QED) is 0.753. The molecule has 0 saturated heterocycles. The highest BCUT2D eigenvalue weighted by molar-refractivity contribution is 6.19. The summed E-state index contributed by atoms with van der Waals surface area (Å²) >= 11 is 0. The second-order valence-corrected chi connectivity index (χ2v) is 4.13. The molecule has 2 aromatic rings. The average molecular weight is 229 g/mol. The lowest BCUT2D eigenvalue weighted by Crippen LogP contribution is -2.08. The lowest BCUT2D eigenvalue weighted by molar-refractivity contribution is -0.111. The summed E-state index contributed by atoms with van der Waals surface area (Å²) in [5.41, 5.74) is 2.32. The predicted molar refractivity (Wildman–Crippen MR) is 67.5 cm³/mol. The van der Waals surface area contributed by atoms with Crippen LogP contribution in [0.15, 0.2) is 36.8 Å². The first-order valence-corrected chi connectivity index (χ1v) is 5.41. The second-order valence-electron chi connectivity index (χ2n) is 4.13. The van der Waals surface area contributed by atoms with Crippen LogP contribution in [-0.2, 0) is 4.79 Å². The number of Topliss-reactive ketones (excluding diaryl/α,β-unsaturated/α-hetero) is 1. The van der Waals surface area contributed by atoms with E-state index in [1.165, 1.54) is 0 Å². The number of allylic oxidation sites excluding steroid dienone is 1. The van der Waals surface area contributed by atoms with Gasteiger partial charge in [-0.15, -0.1) is 0 Å². The van der Waals surface area contributed by atoms with Gasteiger partial charge in [-0.1, -0.05) is 6.07 Å². The number of aromatic nitrogens is 2. The van der Waals surface area contributed by atoms with Gasteiger partial charge in [-0.05, 0) is 19.1 Å². The van der Waals surface area contributed by atoms with Gasteiger partial charge in [0, 0.05) is 26.5 Å². The maximum atomic E-state index is 11.7. The van der Waals surface area contributed by atoms with E-state index < -0.39 is 0 Å². The van der Waals surface area contributed by atoms with Crippen LogP contribution in [0.1, 0.15) is 12.6 Å². The van der Waals surface area contributed by atoms with Gasteiger partial charge >= 0.3 is 0 Å². The third-order valence-corrected chi connectivity index (χ3v) is 2.46. The molecule has 0 aliphatic heterocycles. The van der Waals surface area contributed by atoms with Crippen LogP contribution in [-0.4, -0.2) is 34.2 Å². The van der Waals surface area contributed by atoms with E-state index in [0.29, 0.717) is 5.57 Å². The summed E-state index contributed by atoms with van der Waals surface area (Å²) in [6.07, 6.45) is 5.45. The summed E-state index contributed by atoms with van der Waals surface area (Å²) < 4.78 is 1.91. The highest BCUT2D eigenvalue weighted by Gasteiger charge is 2.12. The highest BCUT2D eigenvalue weighted by Crippen LogP contribution is 2.17. The van der Waals surface area contributed by atoms with E-state index in [0.717, 1.165) is 11.3 Å². The summed E-state index contributed by atoms with van der Waals surface area (Å²) in [7, 11) is 3.79. The topological polar surface area (TPSA) is 37.6 Å². The third-order valence-electron chi connectivity index (χ3n) is 2.46. The standard InChI is InChI=1S/C13H15N3O/c1-10(17)11(9-15(2)3)12-8-14-13-6-4-5-7-16(12)13/h4-9H,1-3H3/b11-9-. The predicted octanol–water partition coefficient (Wildman–Crippen LogP) is 1.83. The Morgan fingerprint density at radius 1 is 1.41 bits per heavy atom. The lowest BCUT2D eigenvalue weighted by Gasteiger charge is -2.09. The molecule has 88 valence electrons. The zero-order chi connectivity index (χ0) is 12.4. The molecule has 0 amide bonds. The van der Waals surface area contributed by atoms with Crippen LogP contribution in [0.2, 0.25) is 0 Å². The fourth-order valence-electron chi connectivity index (χ4n) is 1.73. The molecule has 0 spiro atoms. The summed E-state index contributed by atoms with van der Waals surface area (Å²) in [5, 5.41) is 0. The number of ketones is 1. The number of hydrogen-bond donors (Lipinski definition) is 0. The number of carbonyl (C=O) groups excluding carboxylic acids is 1. The first-order valence-electron chi connectivity index (χ1n) is 5.41. The van der Waals surface area contributed by atoms with Crippen molar-refractivity contribution >= 4 is 17.0 Å². The number of hydrogen-bond acceptors (Lipinski definition) is 3. The van der Waals surface area contributed by atoms with Gasteiger partial charge in [0.25, 0.3) is 0 Å². The van der Waals surface area contributed by atoms with Crippen LogP contribution < -0.4 is 0 Å². The molecule has 0 atom stereocenters. The number of rotatable bonds is 3. The number of pyridine rings is 1. The van der Waals surface area contributed by atoms with E-state index in [9.17, 15) is 4.79 Å². The minimum absolute atomic E-state index is 0.0318. The van der Waals surface area contributed by atoms with Gasteiger partial charge in [0.15, 0.2) is 5.78 Å². The zero-order valence-electron chi connectivity index (χ0n) is 10.2. The molecule has 2 heterocycles. The monoisotopic (exact) mass is 229 g/mol. The highest BCUT2D eigenvalue weighted by atomic mass is 16.1. The first-order chi connectivity index (χ1) is 8.09. The fourth-order valence-corrected chi connectivity index (χ4v) is 1.73. The van der Waals surface area contributed by atoms with Gasteiger partial charge in [0.2, 0.25) is 0 Å². The summed E-state index contributed by atoms with van der Waals surface area (Å²) in [6.45, 7) is 1.57. The molecule has 0 bridgehead atoms. The van der Waals surface area contributed by atoms with Crippen LogP contribution in [0.3, 0.4) is 0 Å². The van der Waals surface area contributed by atoms with Gasteiger partial charge in [0.05, 0.1) is 17.5 Å². The average Bonchev–Trinajstić information content (AvgIpc) is 2.69. The van der Waals surface area contributed by atoms with E-state index >= 15 is 0 Å². The van der Waals surface area contributed by atoms with Gasteiger partial charge < -0.3 is 4.90 Å². The van der Waals surface area contributed by atoms with E-state index in [4.69, 9.17) is 0 Å². The van der Waals surface area contributed by atoms with Gasteiger partial charge in [0.1, 0.15) is 5.65 Å². The van der Waals surface area contributed by atoms with Crippen molar-refractivity contribution in [3.05, 3.63) is 42.5 Å². The Labute approximate surface area is 100 Å². The second kappa shape index (κ2) is 4.41. The lowest BCUT2D eigenvalue weighted by atomic mass is 10.1. The molecule has 17 heavy (non-hydrogen) atoms. The van der Waals surface area contributed by atoms with Crippen LogP contribution >= 0.6 is 0 Å². The molecule has 0 aliphatic rings. The normalized spacial score (nSPS) is 11.8. The first kappa shape index (κ1) is 11.4. The summed E-state index contributed by atoms with van der Waals surface area (Å²) in [6, 6.07) is 5.76. The van der Waals surface area contributed by atoms with Gasteiger partial charge in [-0.3, -0.25) is 9.20 Å². The van der Waals surface area contributed by atoms with Crippen LogP contribution in [0.4, 0.5) is 0 Å². The Balaban J connectivity index is 2.61. The molecule has 2 aromatic heterocycles. The van der Waals surface area contributed by atoms with Crippen molar-refractivity contribution in [1.82, 2.24) is 14.3 Å². The van der Waals surface area contributed by atoms with Crippen LogP contribution in [0.5, 0.6) is 0 Å². The summed E-state index contributed by atoms with van der Waals surface area (Å²) in [4.78, 5) is 17.8. The molecular weight excluding hydrogens is 214 g/mol. The van der Waals surface area contributed by atoms with Crippen LogP contribution in [0.25, 0.3) is 11.2 Å². The Morgan fingerprint density at radius 3 is 2.82 bits per heavy atom. The maximum absolute atomic E-state index is 11.7. The van der Waals surface area contributed by atoms with Crippen molar-refractivity contribution in [3.8, 4) is 0 Å². The van der Waals surface area contributed by atoms with E-state index in [1.807, 2.05) is 54.0 Å². The number of carbonyl (C=O) groups is 1. The van der Waals surface area contributed by atoms with Crippen LogP contribution in [0, 0.1) is 0 Å². The van der Waals surface area contributed by atoms with Gasteiger partial charge in [-0.25, -0.2) is 4.98 Å². The molecule has 0 unspecified atom stereocenters. The largest absolute Gasteiger partial charge is 0.383 e. The molecule has 0 N–H and O–H groups in total. The molecule has 4 heteroatoms. The van der Waals surface area contributed by atoms with Gasteiger partial charge in [-0.2, -0.15) is 0 Å². The van der Waals surface area contributed by atoms with Crippen molar-refractivity contribution in [2.75, 3.05) is 14.1 Å². The Hall–Kier alpha value is -2.10. The molecule has 0 aliphatic carbocycles. The van der Waals surface area contributed by atoms with Crippen molar-refractivity contribution in [2.45, 2.75) is 6.92 Å². The minimum Gasteiger partial charge on any atom is -0.383 e. The number of nitrogens with zero attached hydrogens (tertiary/aromatic N) is 3. The summed E-state index contributed by atoms with van der Waals surface area (Å²) in [5.74, 6) is 0.0318. The van der Waals surface area contributed by atoms with Crippen molar-refractivity contribution in [3.63, 3.8) is 0 Å². The zero-order valence-corrected chi connectivity index (χ0v) is 10.2. The SMILES string of the molecule is CC(=O)/C(=C/N(C)C)c1cnc2ccccn12. The maximum Gasteiger partial charge on any atom is 0.163 e. The molecule has 0 fully saturated rings. The number of imidazole rings is 1. The Bertz CT molecular complexity index is 581. The molecular formula is C13H15N3O. The Morgan fingerprint density at radius 2 is 2.18 bits per heavy atom. The molecule has 0 aromatic carbocycles. The Kier molecular flexibility index (Phi) is 2.95. The number of fused-ring (bicyclic) bond motifs is 1. The molecule has 2 rings (SSSR count). The third kappa shape index (κ3) is 2.20. The van der Waals surface area contributed by atoms with Crippen molar-refractivity contribution in [2.24, 2.45) is 0 Å². The van der Waals surface area contributed by atoms with Crippen molar-refractivity contribution < 1.29 is 4.79 Å². The smallest absolute Gasteiger partial charge is 0.163 e. The van der Waals surface area contributed by atoms with Crippen molar-refractivity contribution in [1.29, 1.82) is 0 Å².